The Bertz CT molecular complexity index is 833. The summed E-state index contributed by atoms with van der Waals surface area (Å²) in [5.74, 6) is 0.834. The molecule has 1 aliphatic heterocycles. The Labute approximate surface area is 166 Å². The zero-order valence-electron chi connectivity index (χ0n) is 17.2. The average Bonchev–Trinajstić information content (AvgIpc) is 3.12. The van der Waals surface area contributed by atoms with Crippen LogP contribution in [0.3, 0.4) is 0 Å². The topological polar surface area (TPSA) is 78.7 Å². The van der Waals surface area contributed by atoms with Gasteiger partial charge in [-0.05, 0) is 44.9 Å². The largest absolute Gasteiger partial charge is 0.440 e. The molecule has 3 amide bonds. The minimum absolute atomic E-state index is 0.00173. The zero-order chi connectivity index (χ0) is 20.3. The first-order valence-electron chi connectivity index (χ1n) is 10.2. The standard InChI is InChI=1S/C21H30N4O3/c1-5-24(6-2)21(27)25-11-9-15(10-12-25)19(26)22-16-7-8-18-17(13-16)23-20(28-18)14(3)4/h7-8,13-15H,5-6,9-12H2,1-4H3,(H,22,26). The molecule has 28 heavy (non-hydrogen) atoms. The molecule has 1 aromatic carbocycles. The van der Waals surface area contributed by atoms with Gasteiger partial charge in [0.2, 0.25) is 5.91 Å². The molecule has 0 aliphatic carbocycles. The van der Waals surface area contributed by atoms with Gasteiger partial charge in [0.15, 0.2) is 11.5 Å². The quantitative estimate of drug-likeness (QED) is 0.840. The molecule has 1 aromatic heterocycles. The maximum atomic E-state index is 12.7. The van der Waals surface area contributed by atoms with Crippen molar-refractivity contribution >= 4 is 28.7 Å². The minimum atomic E-state index is -0.0833. The fourth-order valence-corrected chi connectivity index (χ4v) is 3.54. The van der Waals surface area contributed by atoms with E-state index in [1.165, 1.54) is 0 Å². The first-order chi connectivity index (χ1) is 13.4. The van der Waals surface area contributed by atoms with Crippen LogP contribution in [0.15, 0.2) is 22.6 Å². The molecule has 0 radical (unpaired) electrons. The number of fused-ring (bicyclic) bond motifs is 1. The van der Waals surface area contributed by atoms with Gasteiger partial charge in [-0.1, -0.05) is 13.8 Å². The van der Waals surface area contributed by atoms with Crippen molar-refractivity contribution < 1.29 is 14.0 Å². The molecule has 1 saturated heterocycles. The summed E-state index contributed by atoms with van der Waals surface area (Å²) in [6.07, 6.45) is 1.37. The van der Waals surface area contributed by atoms with Crippen LogP contribution in [0.5, 0.6) is 0 Å². The number of urea groups is 1. The Morgan fingerprint density at radius 3 is 2.54 bits per heavy atom. The van der Waals surface area contributed by atoms with Gasteiger partial charge in [-0.2, -0.15) is 0 Å². The highest BCUT2D eigenvalue weighted by Gasteiger charge is 2.29. The van der Waals surface area contributed by atoms with Crippen LogP contribution in [0.2, 0.25) is 0 Å². The van der Waals surface area contributed by atoms with E-state index in [1.807, 2.05) is 55.7 Å². The number of benzene rings is 1. The molecule has 7 nitrogen and oxygen atoms in total. The second kappa shape index (κ2) is 8.63. The lowest BCUT2D eigenvalue weighted by atomic mass is 9.96. The lowest BCUT2D eigenvalue weighted by Gasteiger charge is -2.34. The van der Waals surface area contributed by atoms with Gasteiger partial charge in [0.1, 0.15) is 5.52 Å². The number of oxazole rings is 1. The van der Waals surface area contributed by atoms with Gasteiger partial charge in [-0.25, -0.2) is 9.78 Å². The van der Waals surface area contributed by atoms with E-state index in [-0.39, 0.29) is 23.8 Å². The molecule has 3 rings (SSSR count). The highest BCUT2D eigenvalue weighted by Crippen LogP contribution is 2.25. The molecule has 2 heterocycles. The van der Waals surface area contributed by atoms with Gasteiger partial charge >= 0.3 is 6.03 Å². The molecule has 0 spiro atoms. The number of rotatable bonds is 5. The molecular formula is C21H30N4O3. The molecule has 1 N–H and O–H groups in total. The number of anilines is 1. The number of carbonyl (C=O) groups excluding carboxylic acids is 2. The van der Waals surface area contributed by atoms with Crippen LogP contribution >= 0.6 is 0 Å². The molecule has 152 valence electrons. The Hall–Kier alpha value is -2.57. The van der Waals surface area contributed by atoms with E-state index in [2.05, 4.69) is 10.3 Å². The average molecular weight is 386 g/mol. The number of piperidine rings is 1. The third kappa shape index (κ3) is 4.29. The van der Waals surface area contributed by atoms with Gasteiger partial charge in [0, 0.05) is 43.7 Å². The van der Waals surface area contributed by atoms with Crippen molar-refractivity contribution in [3.63, 3.8) is 0 Å². The summed E-state index contributed by atoms with van der Waals surface area (Å²) in [5.41, 5.74) is 2.20. The van der Waals surface area contributed by atoms with E-state index in [4.69, 9.17) is 4.42 Å². The fraction of sp³-hybridized carbons (Fsp3) is 0.571. The van der Waals surface area contributed by atoms with Crippen molar-refractivity contribution in [2.24, 2.45) is 5.92 Å². The van der Waals surface area contributed by atoms with Crippen LogP contribution in [0.1, 0.15) is 52.3 Å². The fourth-order valence-electron chi connectivity index (χ4n) is 3.54. The highest BCUT2D eigenvalue weighted by molar-refractivity contribution is 5.94. The van der Waals surface area contributed by atoms with Gasteiger partial charge in [0.05, 0.1) is 0 Å². The predicted octanol–water partition coefficient (Wildman–Crippen LogP) is 4.06. The van der Waals surface area contributed by atoms with Crippen molar-refractivity contribution in [3.8, 4) is 0 Å². The van der Waals surface area contributed by atoms with Crippen molar-refractivity contribution in [1.82, 2.24) is 14.8 Å². The van der Waals surface area contributed by atoms with E-state index in [0.29, 0.717) is 44.9 Å². The van der Waals surface area contributed by atoms with E-state index in [1.54, 1.807) is 0 Å². The lowest BCUT2D eigenvalue weighted by Crippen LogP contribution is -2.47. The zero-order valence-corrected chi connectivity index (χ0v) is 17.2. The summed E-state index contributed by atoms with van der Waals surface area (Å²) in [6, 6.07) is 5.60. The second-order valence-corrected chi connectivity index (χ2v) is 7.59. The van der Waals surface area contributed by atoms with Crippen LogP contribution in [-0.2, 0) is 4.79 Å². The smallest absolute Gasteiger partial charge is 0.319 e. The van der Waals surface area contributed by atoms with E-state index in [9.17, 15) is 9.59 Å². The summed E-state index contributed by atoms with van der Waals surface area (Å²) >= 11 is 0. The molecule has 0 atom stereocenters. The minimum Gasteiger partial charge on any atom is -0.440 e. The van der Waals surface area contributed by atoms with E-state index in [0.717, 1.165) is 16.8 Å². The van der Waals surface area contributed by atoms with Crippen LogP contribution in [-0.4, -0.2) is 52.9 Å². The summed E-state index contributed by atoms with van der Waals surface area (Å²) < 4.78 is 5.71. The molecule has 7 heteroatoms. The SMILES string of the molecule is CCN(CC)C(=O)N1CCC(C(=O)Nc2ccc3oc(C(C)C)nc3c2)CC1. The first kappa shape index (κ1) is 20.2. The Balaban J connectivity index is 1.58. The Kier molecular flexibility index (Phi) is 6.21. The molecule has 0 saturated carbocycles. The van der Waals surface area contributed by atoms with Crippen LogP contribution in [0.4, 0.5) is 10.5 Å². The number of nitrogens with zero attached hydrogens (tertiary/aromatic N) is 3. The first-order valence-corrected chi connectivity index (χ1v) is 10.2. The van der Waals surface area contributed by atoms with E-state index >= 15 is 0 Å². The molecular weight excluding hydrogens is 356 g/mol. The Morgan fingerprint density at radius 2 is 1.93 bits per heavy atom. The number of amides is 3. The monoisotopic (exact) mass is 386 g/mol. The second-order valence-electron chi connectivity index (χ2n) is 7.59. The van der Waals surface area contributed by atoms with Gasteiger partial charge in [0.25, 0.3) is 0 Å². The third-order valence-electron chi connectivity index (χ3n) is 5.34. The van der Waals surface area contributed by atoms with Gasteiger partial charge < -0.3 is 19.5 Å². The molecule has 1 aliphatic rings. The number of hydrogen-bond donors (Lipinski definition) is 1. The van der Waals surface area contributed by atoms with Crippen molar-refractivity contribution in [2.75, 3.05) is 31.5 Å². The summed E-state index contributed by atoms with van der Waals surface area (Å²) in [5, 5.41) is 3.00. The van der Waals surface area contributed by atoms with Crippen LogP contribution < -0.4 is 5.32 Å². The third-order valence-corrected chi connectivity index (χ3v) is 5.34. The summed E-state index contributed by atoms with van der Waals surface area (Å²) in [4.78, 5) is 33.3. The number of carbonyl (C=O) groups is 2. The summed E-state index contributed by atoms with van der Waals surface area (Å²) in [7, 11) is 0. The lowest BCUT2D eigenvalue weighted by molar-refractivity contribution is -0.121. The van der Waals surface area contributed by atoms with Crippen molar-refractivity contribution in [1.29, 1.82) is 0 Å². The van der Waals surface area contributed by atoms with Crippen LogP contribution in [0.25, 0.3) is 11.1 Å². The number of aromatic nitrogens is 1. The number of hydrogen-bond acceptors (Lipinski definition) is 4. The molecule has 0 unspecified atom stereocenters. The maximum Gasteiger partial charge on any atom is 0.319 e. The number of likely N-dealkylation sites (tertiary alicyclic amines) is 1. The number of nitrogens with one attached hydrogen (secondary N) is 1. The van der Waals surface area contributed by atoms with Crippen molar-refractivity contribution in [2.45, 2.75) is 46.5 Å². The molecule has 0 bridgehead atoms. The normalized spacial score (nSPS) is 15.2. The van der Waals surface area contributed by atoms with Gasteiger partial charge in [-0.15, -0.1) is 0 Å². The van der Waals surface area contributed by atoms with E-state index < -0.39 is 0 Å². The molecule has 1 fully saturated rings. The van der Waals surface area contributed by atoms with Crippen LogP contribution in [0, 0.1) is 5.92 Å². The Morgan fingerprint density at radius 1 is 1.25 bits per heavy atom. The molecule has 2 aromatic rings. The van der Waals surface area contributed by atoms with Crippen molar-refractivity contribution in [3.05, 3.63) is 24.1 Å². The maximum absolute atomic E-state index is 12.7. The summed E-state index contributed by atoms with van der Waals surface area (Å²) in [6.45, 7) is 10.7. The highest BCUT2D eigenvalue weighted by atomic mass is 16.3. The van der Waals surface area contributed by atoms with Gasteiger partial charge in [-0.3, -0.25) is 4.79 Å². The predicted molar refractivity (Wildman–Crippen MR) is 109 cm³/mol.